The van der Waals surface area contributed by atoms with E-state index in [0.717, 1.165) is 12.8 Å². The van der Waals surface area contributed by atoms with Crippen molar-refractivity contribution < 1.29 is 15.6 Å². The van der Waals surface area contributed by atoms with Crippen LogP contribution in [0.2, 0.25) is 0 Å². The molecule has 0 amide bonds. The lowest BCUT2D eigenvalue weighted by molar-refractivity contribution is -0.421. The van der Waals surface area contributed by atoms with E-state index in [9.17, 15) is 4.79 Å². The molecular formula is C8H16NO2+. The summed E-state index contributed by atoms with van der Waals surface area (Å²) < 4.78 is 0. The maximum absolute atomic E-state index is 10.5. The lowest BCUT2D eigenvalue weighted by Gasteiger charge is -2.21. The predicted molar refractivity (Wildman–Crippen MR) is 40.9 cm³/mol. The van der Waals surface area contributed by atoms with Gasteiger partial charge in [-0.3, -0.25) is 0 Å². The Kier molecular flexibility index (Phi) is 2.88. The maximum atomic E-state index is 10.5. The second-order valence-corrected chi connectivity index (χ2v) is 3.34. The monoisotopic (exact) mass is 158 g/mol. The molecule has 0 bridgehead atoms. The summed E-state index contributed by atoms with van der Waals surface area (Å²) in [5.41, 5.74) is 3.66. The topological polar surface area (TPSA) is 64.9 Å². The molecule has 11 heavy (non-hydrogen) atoms. The van der Waals surface area contributed by atoms with Crippen LogP contribution in [-0.4, -0.2) is 17.1 Å². The molecule has 0 radical (unpaired) electrons. The molecule has 0 saturated heterocycles. The molecular weight excluding hydrogens is 142 g/mol. The zero-order valence-corrected chi connectivity index (χ0v) is 6.75. The minimum Gasteiger partial charge on any atom is -0.477 e. The standard InChI is InChI=1S/C8H15NO2/c9-7(8(10)11)6-4-2-1-3-5-6/h6-7H,1-5,9H2,(H,10,11)/p+1/t7-/m1/s1. The molecule has 0 unspecified atom stereocenters. The van der Waals surface area contributed by atoms with Crippen molar-refractivity contribution in [3.63, 3.8) is 0 Å². The minimum absolute atomic E-state index is 0.334. The first-order valence-electron chi connectivity index (χ1n) is 4.27. The van der Waals surface area contributed by atoms with Crippen molar-refractivity contribution in [3.8, 4) is 0 Å². The second kappa shape index (κ2) is 3.72. The quantitative estimate of drug-likeness (QED) is 0.605. The van der Waals surface area contributed by atoms with Gasteiger partial charge in [0, 0.05) is 5.92 Å². The van der Waals surface area contributed by atoms with E-state index in [-0.39, 0.29) is 6.04 Å². The molecule has 3 heteroatoms. The van der Waals surface area contributed by atoms with Gasteiger partial charge in [0.25, 0.3) is 0 Å². The molecule has 0 aromatic carbocycles. The van der Waals surface area contributed by atoms with Crippen LogP contribution >= 0.6 is 0 Å². The summed E-state index contributed by atoms with van der Waals surface area (Å²) in [6.07, 6.45) is 5.75. The van der Waals surface area contributed by atoms with Gasteiger partial charge in [-0.1, -0.05) is 19.3 Å². The molecule has 4 N–H and O–H groups in total. The van der Waals surface area contributed by atoms with Crippen LogP contribution in [0, 0.1) is 5.92 Å². The third-order valence-corrected chi connectivity index (χ3v) is 2.54. The molecule has 1 aliphatic rings. The van der Waals surface area contributed by atoms with Gasteiger partial charge in [-0.2, -0.15) is 0 Å². The minimum atomic E-state index is -0.739. The molecule has 64 valence electrons. The summed E-state index contributed by atoms with van der Waals surface area (Å²) in [7, 11) is 0. The Balaban J connectivity index is 2.38. The smallest absolute Gasteiger partial charge is 0.362 e. The number of carboxylic acid groups (broad SMARTS) is 1. The number of carbonyl (C=O) groups is 1. The lowest BCUT2D eigenvalue weighted by Crippen LogP contribution is -2.68. The van der Waals surface area contributed by atoms with Gasteiger partial charge in [-0.15, -0.1) is 0 Å². The molecule has 0 spiro atoms. The summed E-state index contributed by atoms with van der Waals surface area (Å²) in [5.74, 6) is -0.404. The summed E-state index contributed by atoms with van der Waals surface area (Å²) in [5, 5.41) is 8.67. The van der Waals surface area contributed by atoms with Crippen LogP contribution in [0.1, 0.15) is 32.1 Å². The van der Waals surface area contributed by atoms with E-state index in [2.05, 4.69) is 5.73 Å². The van der Waals surface area contributed by atoms with Crippen LogP contribution in [0.3, 0.4) is 0 Å². The Labute approximate surface area is 66.6 Å². The van der Waals surface area contributed by atoms with Gasteiger partial charge in [-0.25, -0.2) is 4.79 Å². The van der Waals surface area contributed by atoms with E-state index in [4.69, 9.17) is 5.11 Å². The summed E-state index contributed by atoms with van der Waals surface area (Å²) in [6.45, 7) is 0. The maximum Gasteiger partial charge on any atom is 0.362 e. The first-order chi connectivity index (χ1) is 5.22. The zero-order valence-electron chi connectivity index (χ0n) is 6.75. The molecule has 0 heterocycles. The first-order valence-corrected chi connectivity index (χ1v) is 4.27. The summed E-state index contributed by atoms with van der Waals surface area (Å²) in [6, 6.07) is -0.379. The van der Waals surface area contributed by atoms with Crippen molar-refractivity contribution in [1.82, 2.24) is 0 Å². The zero-order chi connectivity index (χ0) is 8.27. The van der Waals surface area contributed by atoms with Crippen LogP contribution in [0.4, 0.5) is 0 Å². The second-order valence-electron chi connectivity index (χ2n) is 3.34. The molecule has 0 aromatic heterocycles. The molecule has 0 aliphatic heterocycles. The van der Waals surface area contributed by atoms with Gasteiger partial charge in [0.1, 0.15) is 0 Å². The van der Waals surface area contributed by atoms with E-state index < -0.39 is 5.97 Å². The molecule has 0 aromatic rings. The summed E-state index contributed by atoms with van der Waals surface area (Å²) >= 11 is 0. The van der Waals surface area contributed by atoms with Crippen molar-refractivity contribution in [3.05, 3.63) is 0 Å². The van der Waals surface area contributed by atoms with Crippen LogP contribution in [0.5, 0.6) is 0 Å². The molecule has 3 nitrogen and oxygen atoms in total. The third-order valence-electron chi connectivity index (χ3n) is 2.54. The van der Waals surface area contributed by atoms with Gasteiger partial charge < -0.3 is 10.8 Å². The fourth-order valence-electron chi connectivity index (χ4n) is 1.74. The number of rotatable bonds is 2. The van der Waals surface area contributed by atoms with Crippen molar-refractivity contribution >= 4 is 5.97 Å². The lowest BCUT2D eigenvalue weighted by atomic mass is 9.84. The van der Waals surface area contributed by atoms with Crippen molar-refractivity contribution in [2.45, 2.75) is 38.1 Å². The first kappa shape index (κ1) is 8.53. The molecule has 1 aliphatic carbocycles. The average Bonchev–Trinajstić information content (AvgIpc) is 2.05. The fraction of sp³-hybridized carbons (Fsp3) is 0.875. The SMILES string of the molecule is [NH3+][C@@H](C(=O)O)C1CCCCC1. The highest BCUT2D eigenvalue weighted by Crippen LogP contribution is 2.24. The molecule has 1 fully saturated rings. The summed E-state index contributed by atoms with van der Waals surface area (Å²) in [4.78, 5) is 10.5. The fourth-order valence-corrected chi connectivity index (χ4v) is 1.74. The number of carboxylic acids is 1. The van der Waals surface area contributed by atoms with Crippen LogP contribution in [0.25, 0.3) is 0 Å². The van der Waals surface area contributed by atoms with Crippen molar-refractivity contribution in [2.75, 3.05) is 0 Å². The van der Waals surface area contributed by atoms with Crippen LogP contribution in [-0.2, 0) is 4.79 Å². The Morgan fingerprint density at radius 1 is 1.36 bits per heavy atom. The van der Waals surface area contributed by atoms with E-state index in [1.165, 1.54) is 19.3 Å². The highest BCUT2D eigenvalue weighted by atomic mass is 16.4. The van der Waals surface area contributed by atoms with Crippen LogP contribution in [0.15, 0.2) is 0 Å². The third kappa shape index (κ3) is 2.19. The Hall–Kier alpha value is -0.570. The number of quaternary nitrogens is 1. The number of hydrogen-bond acceptors (Lipinski definition) is 1. The molecule has 1 atom stereocenters. The van der Waals surface area contributed by atoms with E-state index in [1.807, 2.05) is 0 Å². The highest BCUT2D eigenvalue weighted by molar-refractivity contribution is 5.71. The van der Waals surface area contributed by atoms with Gasteiger partial charge in [-0.05, 0) is 12.8 Å². The van der Waals surface area contributed by atoms with E-state index >= 15 is 0 Å². The van der Waals surface area contributed by atoms with E-state index in [0.29, 0.717) is 5.92 Å². The van der Waals surface area contributed by atoms with Gasteiger partial charge in [0.2, 0.25) is 0 Å². The predicted octanol–water partition coefficient (Wildman–Crippen LogP) is 0.262. The number of aliphatic carboxylic acids is 1. The van der Waals surface area contributed by atoms with Gasteiger partial charge in [0.15, 0.2) is 6.04 Å². The van der Waals surface area contributed by atoms with Crippen LogP contribution < -0.4 is 5.73 Å². The highest BCUT2D eigenvalue weighted by Gasteiger charge is 2.28. The van der Waals surface area contributed by atoms with Crippen molar-refractivity contribution in [2.24, 2.45) is 5.92 Å². The normalized spacial score (nSPS) is 23.0. The molecule has 1 saturated carbocycles. The Morgan fingerprint density at radius 3 is 2.36 bits per heavy atom. The Morgan fingerprint density at radius 2 is 1.91 bits per heavy atom. The van der Waals surface area contributed by atoms with Crippen molar-refractivity contribution in [1.29, 1.82) is 0 Å². The largest absolute Gasteiger partial charge is 0.477 e. The molecule has 1 rings (SSSR count). The van der Waals surface area contributed by atoms with E-state index in [1.54, 1.807) is 0 Å². The number of hydrogen-bond donors (Lipinski definition) is 2. The van der Waals surface area contributed by atoms with Gasteiger partial charge >= 0.3 is 5.97 Å². The Bertz CT molecular complexity index is 141. The van der Waals surface area contributed by atoms with Gasteiger partial charge in [0.05, 0.1) is 0 Å². The average molecular weight is 158 g/mol.